The highest BCUT2D eigenvalue weighted by Gasteiger charge is 2.47. The van der Waals surface area contributed by atoms with Crippen molar-refractivity contribution >= 4 is 11.8 Å². The van der Waals surface area contributed by atoms with E-state index in [1.54, 1.807) is 30.5 Å². The molecule has 0 unspecified atom stereocenters. The zero-order chi connectivity index (χ0) is 17.2. The number of esters is 1. The van der Waals surface area contributed by atoms with Crippen LogP contribution in [-0.2, 0) is 9.53 Å². The van der Waals surface area contributed by atoms with Crippen LogP contribution < -0.4 is 9.47 Å². The van der Waals surface area contributed by atoms with Gasteiger partial charge in [0.2, 0.25) is 0 Å². The number of rotatable bonds is 5. The van der Waals surface area contributed by atoms with Crippen molar-refractivity contribution in [1.82, 2.24) is 0 Å². The van der Waals surface area contributed by atoms with Crippen LogP contribution in [0.25, 0.3) is 0 Å². The number of carbonyl (C=O) groups excluding carboxylic acids is 2. The van der Waals surface area contributed by atoms with Gasteiger partial charge in [-0.2, -0.15) is 0 Å². The summed E-state index contributed by atoms with van der Waals surface area (Å²) in [5, 5.41) is 0. The third kappa shape index (κ3) is 3.38. The summed E-state index contributed by atoms with van der Waals surface area (Å²) in [5.41, 5.74) is 0.440. The Kier molecular flexibility index (Phi) is 4.17. The number of carbonyl (C=O) groups is 2. The second-order valence-corrected chi connectivity index (χ2v) is 6.21. The van der Waals surface area contributed by atoms with Crippen molar-refractivity contribution in [2.24, 2.45) is 5.92 Å². The van der Waals surface area contributed by atoms with E-state index in [-0.39, 0.29) is 30.2 Å². The first-order valence-electron chi connectivity index (χ1n) is 8.35. The summed E-state index contributed by atoms with van der Waals surface area (Å²) in [5.74, 6) is 1.19. The fourth-order valence-corrected chi connectivity index (χ4v) is 2.94. The Bertz CT molecular complexity index is 779. The van der Waals surface area contributed by atoms with Crippen LogP contribution in [0, 0.1) is 5.92 Å². The standard InChI is InChI=1S/C19H18O6/c20-15(12-4-5-17-18(9-12)24-8-2-7-23-17)11-25-19(21)14-10-13(14)16-3-1-6-22-16/h1,3-6,9,13-14H,2,7-8,10-11H2/t13-,14+/m1/s1. The van der Waals surface area contributed by atoms with Gasteiger partial charge in [0, 0.05) is 17.9 Å². The van der Waals surface area contributed by atoms with E-state index in [4.69, 9.17) is 18.6 Å². The molecule has 0 spiro atoms. The predicted molar refractivity (Wildman–Crippen MR) is 86.9 cm³/mol. The van der Waals surface area contributed by atoms with Crippen LogP contribution in [0.15, 0.2) is 41.0 Å². The van der Waals surface area contributed by atoms with Crippen molar-refractivity contribution in [3.63, 3.8) is 0 Å². The summed E-state index contributed by atoms with van der Waals surface area (Å²) in [7, 11) is 0. The number of benzene rings is 1. The van der Waals surface area contributed by atoms with Crippen LogP contribution in [0.2, 0.25) is 0 Å². The molecule has 1 aromatic carbocycles. The van der Waals surface area contributed by atoms with E-state index in [2.05, 4.69) is 0 Å². The maximum atomic E-state index is 12.3. The molecule has 2 aromatic rings. The molecule has 2 aliphatic rings. The Morgan fingerprint density at radius 2 is 1.96 bits per heavy atom. The SMILES string of the molecule is O=C(COC(=O)[C@H]1C[C@H]1c1ccco1)c1ccc2c(c1)OCCCO2. The average Bonchev–Trinajstić information content (AvgIpc) is 3.32. The number of fused-ring (bicyclic) bond motifs is 1. The topological polar surface area (TPSA) is 75.0 Å². The van der Waals surface area contributed by atoms with E-state index in [1.165, 1.54) is 0 Å². The van der Waals surface area contributed by atoms with Crippen LogP contribution in [0.3, 0.4) is 0 Å². The van der Waals surface area contributed by atoms with E-state index in [0.29, 0.717) is 36.7 Å². The molecule has 6 heteroatoms. The van der Waals surface area contributed by atoms with Crippen LogP contribution in [0.5, 0.6) is 11.5 Å². The maximum Gasteiger partial charge on any atom is 0.310 e. The highest BCUT2D eigenvalue weighted by molar-refractivity contribution is 5.98. The average molecular weight is 342 g/mol. The summed E-state index contributed by atoms with van der Waals surface area (Å²) in [6.07, 6.45) is 3.09. The molecule has 4 rings (SSSR count). The van der Waals surface area contributed by atoms with E-state index < -0.39 is 0 Å². The molecule has 1 aliphatic carbocycles. The molecule has 1 saturated carbocycles. The third-order valence-electron chi connectivity index (χ3n) is 4.42. The Morgan fingerprint density at radius 3 is 2.76 bits per heavy atom. The van der Waals surface area contributed by atoms with Crippen molar-refractivity contribution in [3.05, 3.63) is 47.9 Å². The van der Waals surface area contributed by atoms with Gasteiger partial charge in [0.15, 0.2) is 23.9 Å². The zero-order valence-electron chi connectivity index (χ0n) is 13.6. The number of furan rings is 1. The molecule has 0 bridgehead atoms. The van der Waals surface area contributed by atoms with Crippen LogP contribution in [0.1, 0.15) is 34.9 Å². The molecule has 2 atom stereocenters. The second-order valence-electron chi connectivity index (χ2n) is 6.21. The van der Waals surface area contributed by atoms with Gasteiger partial charge < -0.3 is 18.6 Å². The summed E-state index contributed by atoms with van der Waals surface area (Å²) in [6, 6.07) is 8.65. The van der Waals surface area contributed by atoms with E-state index >= 15 is 0 Å². The highest BCUT2D eigenvalue weighted by Crippen LogP contribution is 2.48. The second kappa shape index (κ2) is 6.63. The van der Waals surface area contributed by atoms with Crippen molar-refractivity contribution in [2.75, 3.05) is 19.8 Å². The van der Waals surface area contributed by atoms with Gasteiger partial charge >= 0.3 is 5.97 Å². The molecule has 130 valence electrons. The first-order chi connectivity index (χ1) is 12.2. The lowest BCUT2D eigenvalue weighted by Gasteiger charge is -2.09. The summed E-state index contributed by atoms with van der Waals surface area (Å²) in [4.78, 5) is 24.3. The third-order valence-corrected chi connectivity index (χ3v) is 4.42. The number of ether oxygens (including phenoxy) is 3. The number of hydrogen-bond donors (Lipinski definition) is 0. The lowest BCUT2D eigenvalue weighted by Crippen LogP contribution is -2.16. The Morgan fingerprint density at radius 1 is 1.12 bits per heavy atom. The van der Waals surface area contributed by atoms with Gasteiger partial charge in [-0.1, -0.05) is 0 Å². The molecule has 1 fully saturated rings. The van der Waals surface area contributed by atoms with Gasteiger partial charge in [-0.3, -0.25) is 9.59 Å². The monoisotopic (exact) mass is 342 g/mol. The molecule has 6 nitrogen and oxygen atoms in total. The largest absolute Gasteiger partial charge is 0.490 e. The first kappa shape index (κ1) is 15.7. The Balaban J connectivity index is 1.33. The van der Waals surface area contributed by atoms with Crippen LogP contribution in [0.4, 0.5) is 0 Å². The highest BCUT2D eigenvalue weighted by atomic mass is 16.5. The summed E-state index contributed by atoms with van der Waals surface area (Å²) in [6.45, 7) is 0.867. The Labute approximate surface area is 144 Å². The molecule has 1 aromatic heterocycles. The van der Waals surface area contributed by atoms with Crippen LogP contribution >= 0.6 is 0 Å². The smallest absolute Gasteiger partial charge is 0.310 e. The fraction of sp³-hybridized carbons (Fsp3) is 0.368. The van der Waals surface area contributed by atoms with Crippen LogP contribution in [-0.4, -0.2) is 31.6 Å². The minimum absolute atomic E-state index is 0.0654. The summed E-state index contributed by atoms with van der Waals surface area (Å²) < 4.78 is 21.6. The van der Waals surface area contributed by atoms with Gasteiger partial charge in [-0.25, -0.2) is 0 Å². The minimum Gasteiger partial charge on any atom is -0.490 e. The number of hydrogen-bond acceptors (Lipinski definition) is 6. The molecule has 0 N–H and O–H groups in total. The number of ketones is 1. The summed E-state index contributed by atoms with van der Waals surface area (Å²) >= 11 is 0. The van der Waals surface area contributed by atoms with E-state index in [0.717, 1.165) is 12.2 Å². The van der Waals surface area contributed by atoms with E-state index in [9.17, 15) is 9.59 Å². The Hall–Kier alpha value is -2.76. The quantitative estimate of drug-likeness (QED) is 0.614. The molecule has 25 heavy (non-hydrogen) atoms. The van der Waals surface area contributed by atoms with Gasteiger partial charge in [0.1, 0.15) is 5.76 Å². The lowest BCUT2D eigenvalue weighted by molar-refractivity contribution is -0.144. The predicted octanol–water partition coefficient (Wildman–Crippen LogP) is 2.97. The van der Waals surface area contributed by atoms with Gasteiger partial charge in [-0.15, -0.1) is 0 Å². The van der Waals surface area contributed by atoms with Gasteiger partial charge in [0.05, 0.1) is 25.4 Å². The normalized spacial score (nSPS) is 21.3. The maximum absolute atomic E-state index is 12.3. The molecular weight excluding hydrogens is 324 g/mol. The number of Topliss-reactive ketones (excluding diaryl/α,β-unsaturated/α-hetero) is 1. The van der Waals surface area contributed by atoms with E-state index in [1.807, 2.05) is 6.07 Å². The van der Waals surface area contributed by atoms with Gasteiger partial charge in [0.25, 0.3) is 0 Å². The molecule has 0 radical (unpaired) electrons. The van der Waals surface area contributed by atoms with Crippen molar-refractivity contribution in [1.29, 1.82) is 0 Å². The zero-order valence-corrected chi connectivity index (χ0v) is 13.6. The molecule has 0 amide bonds. The van der Waals surface area contributed by atoms with Crippen molar-refractivity contribution in [2.45, 2.75) is 18.8 Å². The molecule has 2 heterocycles. The fourth-order valence-electron chi connectivity index (χ4n) is 2.94. The molecule has 1 aliphatic heterocycles. The molecular formula is C19H18O6. The molecule has 0 saturated heterocycles. The first-order valence-corrected chi connectivity index (χ1v) is 8.35. The van der Waals surface area contributed by atoms with Crippen molar-refractivity contribution < 1.29 is 28.2 Å². The van der Waals surface area contributed by atoms with Gasteiger partial charge in [-0.05, 0) is 36.8 Å². The van der Waals surface area contributed by atoms with Crippen molar-refractivity contribution in [3.8, 4) is 11.5 Å². The lowest BCUT2D eigenvalue weighted by atomic mass is 10.1. The minimum atomic E-state index is -0.357.